The van der Waals surface area contributed by atoms with Crippen molar-refractivity contribution < 1.29 is 14.6 Å². The number of ether oxygens (including phenoxy) is 2. The molecule has 0 atom stereocenters. The summed E-state index contributed by atoms with van der Waals surface area (Å²) < 4.78 is 10.7. The Balaban J connectivity index is 2.31. The molecule has 3 aromatic rings. The van der Waals surface area contributed by atoms with Crippen LogP contribution in [0.1, 0.15) is 5.56 Å². The maximum atomic E-state index is 10.2. The van der Waals surface area contributed by atoms with Crippen molar-refractivity contribution in [2.24, 2.45) is 0 Å². The molecule has 0 amide bonds. The van der Waals surface area contributed by atoms with Crippen LogP contribution < -0.4 is 9.47 Å². The van der Waals surface area contributed by atoms with E-state index in [9.17, 15) is 5.11 Å². The van der Waals surface area contributed by atoms with Crippen molar-refractivity contribution in [3.8, 4) is 28.4 Å². The Morgan fingerprint density at radius 2 is 1.59 bits per heavy atom. The van der Waals surface area contributed by atoms with Crippen LogP contribution in [0.25, 0.3) is 21.9 Å². The number of aryl methyl sites for hydroxylation is 1. The number of hydrogen-bond donors (Lipinski definition) is 1. The molecule has 22 heavy (non-hydrogen) atoms. The largest absolute Gasteiger partial charge is 0.507 e. The molecule has 0 saturated heterocycles. The number of methoxy groups -OCH3 is 2. The molecule has 0 fully saturated rings. The van der Waals surface area contributed by atoms with Gasteiger partial charge in [0.1, 0.15) is 17.2 Å². The average molecular weight is 294 g/mol. The molecule has 0 aliphatic rings. The van der Waals surface area contributed by atoms with Crippen molar-refractivity contribution in [3.63, 3.8) is 0 Å². The van der Waals surface area contributed by atoms with Crippen LogP contribution in [0, 0.1) is 6.92 Å². The predicted molar refractivity (Wildman–Crippen MR) is 88.9 cm³/mol. The third-order valence-electron chi connectivity index (χ3n) is 3.82. The lowest BCUT2D eigenvalue weighted by Gasteiger charge is -2.14. The average Bonchev–Trinajstić information content (AvgIpc) is 2.55. The Labute approximate surface area is 129 Å². The molecule has 0 aliphatic heterocycles. The summed E-state index contributed by atoms with van der Waals surface area (Å²) in [5.74, 6) is 1.83. The Kier molecular flexibility index (Phi) is 3.63. The van der Waals surface area contributed by atoms with E-state index < -0.39 is 0 Å². The molecule has 0 aliphatic carbocycles. The van der Waals surface area contributed by atoms with E-state index in [2.05, 4.69) is 0 Å². The van der Waals surface area contributed by atoms with Gasteiger partial charge in [0.15, 0.2) is 0 Å². The van der Waals surface area contributed by atoms with E-state index in [4.69, 9.17) is 9.47 Å². The molecule has 3 nitrogen and oxygen atoms in total. The standard InChI is InChI=1S/C19H18O3/c1-12-10-16-17(20)9-8-15(19(16)18(11-12)22-3)13-4-6-14(21-2)7-5-13/h4-11,20H,1-3H3. The van der Waals surface area contributed by atoms with Gasteiger partial charge in [-0.2, -0.15) is 0 Å². The van der Waals surface area contributed by atoms with Gasteiger partial charge in [-0.15, -0.1) is 0 Å². The van der Waals surface area contributed by atoms with Gasteiger partial charge in [0.2, 0.25) is 0 Å². The van der Waals surface area contributed by atoms with Crippen molar-refractivity contribution in [1.82, 2.24) is 0 Å². The first-order valence-corrected chi connectivity index (χ1v) is 7.09. The molecule has 3 heteroatoms. The molecule has 0 saturated carbocycles. The molecule has 0 spiro atoms. The lowest BCUT2D eigenvalue weighted by atomic mass is 9.95. The monoisotopic (exact) mass is 294 g/mol. The van der Waals surface area contributed by atoms with Crippen LogP contribution in [-0.2, 0) is 0 Å². The fourth-order valence-electron chi connectivity index (χ4n) is 2.74. The highest BCUT2D eigenvalue weighted by atomic mass is 16.5. The van der Waals surface area contributed by atoms with Crippen molar-refractivity contribution in [2.45, 2.75) is 6.92 Å². The van der Waals surface area contributed by atoms with Gasteiger partial charge in [0, 0.05) is 10.8 Å². The summed E-state index contributed by atoms with van der Waals surface area (Å²) in [6, 6.07) is 15.4. The lowest BCUT2D eigenvalue weighted by Crippen LogP contribution is -1.90. The quantitative estimate of drug-likeness (QED) is 0.771. The molecule has 3 rings (SSSR count). The van der Waals surface area contributed by atoms with Crippen molar-refractivity contribution in [1.29, 1.82) is 0 Å². The minimum Gasteiger partial charge on any atom is -0.507 e. The number of phenolic OH excluding ortho intramolecular Hbond substituents is 1. The lowest BCUT2D eigenvalue weighted by molar-refractivity contribution is 0.415. The summed E-state index contributed by atoms with van der Waals surface area (Å²) in [6.07, 6.45) is 0. The van der Waals surface area contributed by atoms with Crippen LogP contribution in [0.3, 0.4) is 0 Å². The topological polar surface area (TPSA) is 38.7 Å². The zero-order valence-electron chi connectivity index (χ0n) is 12.9. The van der Waals surface area contributed by atoms with Crippen LogP contribution in [-0.4, -0.2) is 19.3 Å². The number of phenols is 1. The zero-order chi connectivity index (χ0) is 15.7. The molecule has 3 aromatic carbocycles. The molecule has 1 N–H and O–H groups in total. The van der Waals surface area contributed by atoms with Gasteiger partial charge in [-0.05, 0) is 60.0 Å². The van der Waals surface area contributed by atoms with E-state index in [-0.39, 0.29) is 5.75 Å². The highest BCUT2D eigenvalue weighted by Crippen LogP contribution is 2.40. The third-order valence-corrected chi connectivity index (χ3v) is 3.82. The summed E-state index contributed by atoms with van der Waals surface area (Å²) in [7, 11) is 3.30. The minimum atomic E-state index is 0.259. The second-order valence-corrected chi connectivity index (χ2v) is 5.25. The van der Waals surface area contributed by atoms with E-state index in [0.29, 0.717) is 0 Å². The number of aromatic hydroxyl groups is 1. The maximum absolute atomic E-state index is 10.2. The number of rotatable bonds is 3. The molecule has 112 valence electrons. The molecule has 0 aromatic heterocycles. The van der Waals surface area contributed by atoms with E-state index >= 15 is 0 Å². The molecule has 0 heterocycles. The van der Waals surface area contributed by atoms with Crippen molar-refractivity contribution in [2.75, 3.05) is 14.2 Å². The number of hydrogen-bond acceptors (Lipinski definition) is 3. The maximum Gasteiger partial charge on any atom is 0.127 e. The predicted octanol–water partition coefficient (Wildman–Crippen LogP) is 4.54. The fraction of sp³-hybridized carbons (Fsp3) is 0.158. The highest BCUT2D eigenvalue weighted by Gasteiger charge is 2.13. The van der Waals surface area contributed by atoms with Crippen molar-refractivity contribution in [3.05, 3.63) is 54.1 Å². The molecular weight excluding hydrogens is 276 g/mol. The van der Waals surface area contributed by atoms with Crippen LogP contribution in [0.4, 0.5) is 0 Å². The van der Waals surface area contributed by atoms with Crippen LogP contribution in [0.5, 0.6) is 17.2 Å². The molecule has 0 unspecified atom stereocenters. The Morgan fingerprint density at radius 1 is 0.864 bits per heavy atom. The van der Waals surface area contributed by atoms with E-state index in [0.717, 1.165) is 39.0 Å². The summed E-state index contributed by atoms with van der Waals surface area (Å²) in [4.78, 5) is 0. The Hall–Kier alpha value is -2.68. The smallest absolute Gasteiger partial charge is 0.127 e. The third kappa shape index (κ3) is 2.35. The molecule has 0 bridgehead atoms. The summed E-state index contributed by atoms with van der Waals surface area (Å²) in [5, 5.41) is 11.9. The number of benzene rings is 3. The zero-order valence-corrected chi connectivity index (χ0v) is 12.9. The van der Waals surface area contributed by atoms with E-state index in [1.807, 2.05) is 49.4 Å². The van der Waals surface area contributed by atoms with Crippen LogP contribution >= 0.6 is 0 Å². The molecule has 0 radical (unpaired) electrons. The van der Waals surface area contributed by atoms with E-state index in [1.54, 1.807) is 20.3 Å². The number of fused-ring (bicyclic) bond motifs is 1. The van der Waals surface area contributed by atoms with Gasteiger partial charge in [-0.1, -0.05) is 12.1 Å². The van der Waals surface area contributed by atoms with Crippen LogP contribution in [0.15, 0.2) is 48.5 Å². The van der Waals surface area contributed by atoms with Crippen molar-refractivity contribution >= 4 is 10.8 Å². The van der Waals surface area contributed by atoms with Gasteiger partial charge in [0.05, 0.1) is 14.2 Å². The summed E-state index contributed by atoms with van der Waals surface area (Å²) in [5.41, 5.74) is 3.12. The Morgan fingerprint density at radius 3 is 2.23 bits per heavy atom. The first-order chi connectivity index (χ1) is 10.6. The normalized spacial score (nSPS) is 10.7. The second-order valence-electron chi connectivity index (χ2n) is 5.25. The van der Waals surface area contributed by atoms with Gasteiger partial charge in [-0.25, -0.2) is 0 Å². The summed E-state index contributed by atoms with van der Waals surface area (Å²) >= 11 is 0. The fourth-order valence-corrected chi connectivity index (χ4v) is 2.74. The van der Waals surface area contributed by atoms with Gasteiger partial charge >= 0.3 is 0 Å². The molecular formula is C19H18O3. The second kappa shape index (κ2) is 5.60. The highest BCUT2D eigenvalue weighted by molar-refractivity contribution is 6.04. The van der Waals surface area contributed by atoms with E-state index in [1.165, 1.54) is 0 Å². The minimum absolute atomic E-state index is 0.259. The van der Waals surface area contributed by atoms with Gasteiger partial charge in [-0.3, -0.25) is 0 Å². The van der Waals surface area contributed by atoms with Gasteiger partial charge in [0.25, 0.3) is 0 Å². The Bertz CT molecular complexity index is 820. The van der Waals surface area contributed by atoms with Crippen LogP contribution in [0.2, 0.25) is 0 Å². The van der Waals surface area contributed by atoms with Gasteiger partial charge < -0.3 is 14.6 Å². The first kappa shape index (κ1) is 14.3. The first-order valence-electron chi connectivity index (χ1n) is 7.09. The summed E-state index contributed by atoms with van der Waals surface area (Å²) in [6.45, 7) is 1.99. The SMILES string of the molecule is COc1ccc(-c2ccc(O)c3cc(C)cc(OC)c23)cc1.